The molecule has 4 rings (SSSR count). The van der Waals surface area contributed by atoms with Crippen molar-refractivity contribution >= 4 is 33.2 Å². The highest BCUT2D eigenvalue weighted by atomic mass is 32.2. The predicted octanol–water partition coefficient (Wildman–Crippen LogP) is 3.60. The lowest BCUT2D eigenvalue weighted by molar-refractivity contribution is -0.122. The first-order valence-corrected chi connectivity index (χ1v) is 12.6. The third kappa shape index (κ3) is 5.19. The van der Waals surface area contributed by atoms with Crippen LogP contribution in [0.3, 0.4) is 0 Å². The number of hydrogen-bond acceptors (Lipinski definition) is 4. The minimum absolute atomic E-state index is 0.00971. The van der Waals surface area contributed by atoms with Gasteiger partial charge in [0, 0.05) is 30.4 Å². The molecule has 170 valence electrons. The van der Waals surface area contributed by atoms with Gasteiger partial charge in [-0.15, -0.1) is 0 Å². The Morgan fingerprint density at radius 1 is 0.969 bits per heavy atom. The van der Waals surface area contributed by atoms with Gasteiger partial charge in [0.15, 0.2) is 0 Å². The number of aryl methyl sites for hydroxylation is 1. The highest BCUT2D eigenvalue weighted by Gasteiger charge is 2.35. The highest BCUT2D eigenvalue weighted by Crippen LogP contribution is 2.27. The molecule has 2 amide bonds. The van der Waals surface area contributed by atoms with Crippen LogP contribution in [-0.2, 0) is 19.6 Å². The van der Waals surface area contributed by atoms with E-state index in [4.69, 9.17) is 0 Å². The lowest BCUT2D eigenvalue weighted by atomic mass is 9.96. The van der Waals surface area contributed by atoms with Crippen LogP contribution < -0.4 is 14.9 Å². The monoisotopic (exact) mass is 455 g/mol. The van der Waals surface area contributed by atoms with Gasteiger partial charge in [0.1, 0.15) is 0 Å². The van der Waals surface area contributed by atoms with Gasteiger partial charge in [-0.3, -0.25) is 9.59 Å². The summed E-state index contributed by atoms with van der Waals surface area (Å²) in [6.07, 6.45) is 5.13. The van der Waals surface area contributed by atoms with Gasteiger partial charge >= 0.3 is 0 Å². The van der Waals surface area contributed by atoms with Crippen LogP contribution >= 0.6 is 0 Å². The second-order valence-corrected chi connectivity index (χ2v) is 10.4. The van der Waals surface area contributed by atoms with E-state index < -0.39 is 15.9 Å². The van der Waals surface area contributed by atoms with Crippen molar-refractivity contribution in [2.45, 2.75) is 56.4 Å². The molecular weight excluding hydrogens is 426 g/mol. The van der Waals surface area contributed by atoms with Gasteiger partial charge < -0.3 is 10.2 Å². The second-order valence-electron chi connectivity index (χ2n) is 8.71. The van der Waals surface area contributed by atoms with E-state index in [2.05, 4.69) is 10.0 Å². The number of nitrogens with one attached hydrogen (secondary N) is 2. The van der Waals surface area contributed by atoms with E-state index in [0.29, 0.717) is 12.2 Å². The first-order chi connectivity index (χ1) is 15.3. The second kappa shape index (κ2) is 9.42. The van der Waals surface area contributed by atoms with E-state index in [9.17, 15) is 18.0 Å². The molecule has 0 spiro atoms. The average molecular weight is 456 g/mol. The quantitative estimate of drug-likeness (QED) is 0.696. The molecule has 2 aliphatic rings. The molecule has 8 heteroatoms. The van der Waals surface area contributed by atoms with E-state index in [-0.39, 0.29) is 29.2 Å². The number of anilines is 2. The normalized spacial score (nSPS) is 19.8. The van der Waals surface area contributed by atoms with E-state index in [1.165, 1.54) is 12.1 Å². The zero-order chi connectivity index (χ0) is 22.7. The van der Waals surface area contributed by atoms with Crippen molar-refractivity contribution in [3.63, 3.8) is 0 Å². The lowest BCUT2D eigenvalue weighted by Crippen LogP contribution is -2.36. The van der Waals surface area contributed by atoms with Gasteiger partial charge in [0.05, 0.1) is 10.8 Å². The molecule has 2 aromatic carbocycles. The topological polar surface area (TPSA) is 95.6 Å². The maximum absolute atomic E-state index is 12.7. The fourth-order valence-electron chi connectivity index (χ4n) is 4.33. The smallest absolute Gasteiger partial charge is 0.240 e. The van der Waals surface area contributed by atoms with Crippen LogP contribution in [0.4, 0.5) is 11.4 Å². The fraction of sp³-hybridized carbons (Fsp3) is 0.417. The summed E-state index contributed by atoms with van der Waals surface area (Å²) in [6, 6.07) is 13.8. The molecule has 0 bridgehead atoms. The third-order valence-electron chi connectivity index (χ3n) is 6.20. The molecule has 1 saturated carbocycles. The molecule has 1 heterocycles. The molecule has 32 heavy (non-hydrogen) atoms. The lowest BCUT2D eigenvalue weighted by Gasteiger charge is -2.22. The molecule has 2 fully saturated rings. The van der Waals surface area contributed by atoms with Crippen LogP contribution in [0.2, 0.25) is 0 Å². The number of amides is 2. The number of hydrogen-bond donors (Lipinski definition) is 2. The van der Waals surface area contributed by atoms with Crippen LogP contribution in [0.1, 0.15) is 44.1 Å². The van der Waals surface area contributed by atoms with Crippen molar-refractivity contribution in [1.82, 2.24) is 4.72 Å². The number of rotatable bonds is 6. The number of nitrogens with zero attached hydrogens (tertiary/aromatic N) is 1. The van der Waals surface area contributed by atoms with E-state index >= 15 is 0 Å². The third-order valence-corrected chi connectivity index (χ3v) is 7.74. The van der Waals surface area contributed by atoms with Crippen molar-refractivity contribution in [3.05, 3.63) is 54.1 Å². The Bertz CT molecular complexity index is 1080. The fourth-order valence-corrected chi connectivity index (χ4v) is 5.63. The zero-order valence-electron chi connectivity index (χ0n) is 18.2. The number of carbonyl (C=O) groups excluding carboxylic acids is 2. The molecular formula is C24H29N3O4S. The Morgan fingerprint density at radius 3 is 2.28 bits per heavy atom. The summed E-state index contributed by atoms with van der Waals surface area (Å²) in [5, 5.41) is 2.81. The van der Waals surface area contributed by atoms with E-state index in [1.54, 1.807) is 17.0 Å². The van der Waals surface area contributed by atoms with Gasteiger partial charge in [-0.2, -0.15) is 0 Å². The van der Waals surface area contributed by atoms with Crippen LogP contribution in [0.15, 0.2) is 53.4 Å². The summed E-state index contributed by atoms with van der Waals surface area (Å²) < 4.78 is 28.0. The summed E-state index contributed by atoms with van der Waals surface area (Å²) in [7, 11) is -3.58. The molecule has 0 radical (unpaired) electrons. The van der Waals surface area contributed by atoms with Crippen LogP contribution in [-0.4, -0.2) is 32.8 Å². The Labute approximate surface area is 189 Å². The van der Waals surface area contributed by atoms with E-state index in [0.717, 1.165) is 43.4 Å². The van der Waals surface area contributed by atoms with Crippen LogP contribution in [0, 0.1) is 12.8 Å². The molecule has 2 aromatic rings. The molecule has 7 nitrogen and oxygen atoms in total. The number of carbonyl (C=O) groups is 2. The predicted molar refractivity (Wildman–Crippen MR) is 124 cm³/mol. The number of sulfonamides is 1. The zero-order valence-corrected chi connectivity index (χ0v) is 19.0. The molecule has 0 aromatic heterocycles. The minimum atomic E-state index is -3.58. The summed E-state index contributed by atoms with van der Waals surface area (Å²) in [5.74, 6) is -0.784. The molecule has 1 aliphatic heterocycles. The van der Waals surface area contributed by atoms with Gasteiger partial charge in [-0.05, 0) is 56.2 Å². The summed E-state index contributed by atoms with van der Waals surface area (Å²) in [6.45, 7) is 2.31. The standard InChI is InChI=1S/C24H29N3O4S/c1-17-7-11-21(12-8-17)27-16-18(15-23(27)28)24(29)25-19-9-13-22(14-10-19)32(30,31)26-20-5-3-2-4-6-20/h7-14,18,20,26H,2-6,15-16H2,1H3,(H,25,29)/t18-/m1/s1. The van der Waals surface area contributed by atoms with Crippen LogP contribution in [0.25, 0.3) is 0 Å². The molecule has 1 atom stereocenters. The Morgan fingerprint density at radius 2 is 1.62 bits per heavy atom. The van der Waals surface area contributed by atoms with Gasteiger partial charge in [0.2, 0.25) is 21.8 Å². The molecule has 1 saturated heterocycles. The largest absolute Gasteiger partial charge is 0.326 e. The Hall–Kier alpha value is -2.71. The molecule has 2 N–H and O–H groups in total. The van der Waals surface area contributed by atoms with Crippen molar-refractivity contribution in [1.29, 1.82) is 0 Å². The molecule has 0 unspecified atom stereocenters. The first-order valence-electron chi connectivity index (χ1n) is 11.1. The van der Waals surface area contributed by atoms with Crippen molar-refractivity contribution in [3.8, 4) is 0 Å². The van der Waals surface area contributed by atoms with Gasteiger partial charge in [0.25, 0.3) is 0 Å². The first kappa shape index (κ1) is 22.5. The minimum Gasteiger partial charge on any atom is -0.326 e. The number of benzene rings is 2. The Kier molecular flexibility index (Phi) is 6.62. The Balaban J connectivity index is 1.36. The maximum Gasteiger partial charge on any atom is 0.240 e. The van der Waals surface area contributed by atoms with Crippen molar-refractivity contribution < 1.29 is 18.0 Å². The summed E-state index contributed by atoms with van der Waals surface area (Å²) in [4.78, 5) is 27.0. The average Bonchev–Trinajstić information content (AvgIpc) is 3.17. The molecule has 1 aliphatic carbocycles. The summed E-state index contributed by atoms with van der Waals surface area (Å²) >= 11 is 0. The van der Waals surface area contributed by atoms with Gasteiger partial charge in [-0.25, -0.2) is 13.1 Å². The maximum atomic E-state index is 12.7. The summed E-state index contributed by atoms with van der Waals surface area (Å²) in [5.41, 5.74) is 2.40. The van der Waals surface area contributed by atoms with Crippen molar-refractivity contribution in [2.75, 3.05) is 16.8 Å². The van der Waals surface area contributed by atoms with Gasteiger partial charge in [-0.1, -0.05) is 37.0 Å². The van der Waals surface area contributed by atoms with Crippen molar-refractivity contribution in [2.24, 2.45) is 5.92 Å². The SMILES string of the molecule is Cc1ccc(N2C[C@H](C(=O)Nc3ccc(S(=O)(=O)NC4CCCCC4)cc3)CC2=O)cc1. The highest BCUT2D eigenvalue weighted by molar-refractivity contribution is 7.89. The van der Waals surface area contributed by atoms with E-state index in [1.807, 2.05) is 31.2 Å². The van der Waals surface area contributed by atoms with Crippen LogP contribution in [0.5, 0.6) is 0 Å².